The molecule has 9 nitrogen and oxygen atoms in total. The molecule has 1 aromatic heterocycles. The van der Waals surface area contributed by atoms with E-state index in [1.54, 1.807) is 30.3 Å². The van der Waals surface area contributed by atoms with Crippen molar-refractivity contribution in [3.8, 4) is 11.3 Å². The first kappa shape index (κ1) is 28.2. The Labute approximate surface area is 249 Å². The maximum absolute atomic E-state index is 15.8. The number of aromatic nitrogens is 2. The lowest BCUT2D eigenvalue weighted by Crippen LogP contribution is -2.40. The normalized spacial score (nSPS) is 22.0. The minimum Gasteiger partial charge on any atom is -0.394 e. The molecule has 2 saturated heterocycles. The molecule has 13 heteroatoms. The monoisotopic (exact) mass is 617 g/mol. The van der Waals surface area contributed by atoms with Crippen LogP contribution in [0.2, 0.25) is 10.0 Å². The molecule has 3 aliphatic rings. The van der Waals surface area contributed by atoms with Crippen molar-refractivity contribution >= 4 is 52.7 Å². The van der Waals surface area contributed by atoms with Crippen molar-refractivity contribution in [2.24, 2.45) is 0 Å². The smallest absolute Gasteiger partial charge is 0.257 e. The Morgan fingerprint density at radius 2 is 2.05 bits per heavy atom. The van der Waals surface area contributed by atoms with Gasteiger partial charge < -0.3 is 25.4 Å². The van der Waals surface area contributed by atoms with E-state index in [9.17, 15) is 14.7 Å². The van der Waals surface area contributed by atoms with Gasteiger partial charge in [-0.3, -0.25) is 9.59 Å². The summed E-state index contributed by atoms with van der Waals surface area (Å²) < 4.78 is 20.5. The van der Waals surface area contributed by atoms with Crippen LogP contribution < -0.4 is 10.6 Å². The number of carbonyl (C=O) groups excluding carboxylic acids is 2. The van der Waals surface area contributed by atoms with Crippen molar-refractivity contribution in [2.45, 2.75) is 35.5 Å². The minimum absolute atomic E-state index is 0.0782. The number of ether oxygens (including phenoxy) is 1. The molecule has 0 radical (unpaired) electrons. The molecule has 2 aromatic carbocycles. The number of thioether (sulfide) groups is 1. The second kappa shape index (κ2) is 11.4. The van der Waals surface area contributed by atoms with Gasteiger partial charge in [-0.1, -0.05) is 41.4 Å². The second-order valence-corrected chi connectivity index (χ2v) is 12.4. The number of rotatable bonds is 8. The molecule has 2 amide bonds. The molecule has 3 aliphatic heterocycles. The average Bonchev–Trinajstić information content (AvgIpc) is 3.58. The number of halogens is 3. The minimum atomic E-state index is -0.744. The molecule has 0 aliphatic carbocycles. The lowest BCUT2D eigenvalue weighted by Gasteiger charge is -2.23. The number of hydrogen-bond donors (Lipinski definition) is 3. The van der Waals surface area contributed by atoms with Gasteiger partial charge in [0.1, 0.15) is 12.4 Å². The fourth-order valence-corrected chi connectivity index (χ4v) is 6.78. The van der Waals surface area contributed by atoms with Crippen LogP contribution in [0.4, 0.5) is 10.3 Å². The van der Waals surface area contributed by atoms with Crippen LogP contribution in [0.1, 0.15) is 34.3 Å². The van der Waals surface area contributed by atoms with Gasteiger partial charge in [-0.2, -0.15) is 0 Å². The third kappa shape index (κ3) is 5.49. The molecule has 2 atom stereocenters. The largest absolute Gasteiger partial charge is 0.394 e. The van der Waals surface area contributed by atoms with Gasteiger partial charge in [0.15, 0.2) is 0 Å². The molecule has 1 unspecified atom stereocenters. The highest BCUT2D eigenvalue weighted by molar-refractivity contribution is 8.08. The molecular formula is C28H26Cl2FN5O4S. The van der Waals surface area contributed by atoms with Crippen molar-refractivity contribution in [1.82, 2.24) is 20.2 Å². The Balaban J connectivity index is 1.15. The fraction of sp³-hybridized carbons (Fsp3) is 0.357. The third-order valence-corrected chi connectivity index (χ3v) is 9.55. The third-order valence-electron chi connectivity index (χ3n) is 7.51. The Morgan fingerprint density at radius 3 is 2.80 bits per heavy atom. The summed E-state index contributed by atoms with van der Waals surface area (Å²) in [7, 11) is 0. The van der Waals surface area contributed by atoms with E-state index in [1.165, 1.54) is 22.9 Å². The topological polar surface area (TPSA) is 117 Å². The molecule has 3 aromatic rings. The second-order valence-electron chi connectivity index (χ2n) is 10.2. The zero-order valence-electron chi connectivity index (χ0n) is 21.7. The summed E-state index contributed by atoms with van der Waals surface area (Å²) in [6, 6.07) is 10.4. The molecule has 0 saturated carbocycles. The summed E-state index contributed by atoms with van der Waals surface area (Å²) in [5, 5.41) is 16.5. The number of amides is 2. The number of carbonyl (C=O) groups is 2. The van der Waals surface area contributed by atoms with E-state index in [4.69, 9.17) is 27.9 Å². The van der Waals surface area contributed by atoms with Crippen molar-refractivity contribution in [2.75, 3.05) is 31.7 Å². The SMILES string of the molecule is O=C(CN1Cc2ccc(-c3nc(NC4CCOCC4)ncc3Cl)c(F)c2C1=O)NC1S[C@]1(CO)c1cccc(Cl)c1. The van der Waals surface area contributed by atoms with Crippen molar-refractivity contribution in [1.29, 1.82) is 0 Å². The number of hydrogen-bond acceptors (Lipinski definition) is 8. The summed E-state index contributed by atoms with van der Waals surface area (Å²) in [6.07, 6.45) is 3.00. The van der Waals surface area contributed by atoms with Crippen molar-refractivity contribution in [3.05, 3.63) is 75.1 Å². The van der Waals surface area contributed by atoms with E-state index < -0.39 is 22.4 Å². The summed E-state index contributed by atoms with van der Waals surface area (Å²) in [5.74, 6) is -1.43. The Hall–Kier alpha value is -2.96. The van der Waals surface area contributed by atoms with Crippen LogP contribution in [0.3, 0.4) is 0 Å². The summed E-state index contributed by atoms with van der Waals surface area (Å²) in [5.41, 5.74) is 1.42. The predicted octanol–water partition coefficient (Wildman–Crippen LogP) is 4.21. The van der Waals surface area contributed by atoms with Gasteiger partial charge in [-0.05, 0) is 42.2 Å². The number of aliphatic hydroxyl groups excluding tert-OH is 1. The number of anilines is 1. The molecule has 4 heterocycles. The first-order valence-corrected chi connectivity index (χ1v) is 14.7. The van der Waals surface area contributed by atoms with E-state index in [0.29, 0.717) is 29.7 Å². The molecule has 0 bridgehead atoms. The van der Waals surface area contributed by atoms with Crippen molar-refractivity contribution < 1.29 is 23.8 Å². The van der Waals surface area contributed by atoms with Gasteiger partial charge >= 0.3 is 0 Å². The highest BCUT2D eigenvalue weighted by atomic mass is 35.5. The average molecular weight is 619 g/mol. The molecule has 0 spiro atoms. The summed E-state index contributed by atoms with van der Waals surface area (Å²) in [4.78, 5) is 36.1. The van der Waals surface area contributed by atoms with Gasteiger partial charge in [0.25, 0.3) is 5.91 Å². The molecule has 2 fully saturated rings. The summed E-state index contributed by atoms with van der Waals surface area (Å²) in [6.45, 7) is 0.909. The van der Waals surface area contributed by atoms with Gasteiger partial charge in [0.2, 0.25) is 11.9 Å². The van der Waals surface area contributed by atoms with Crippen LogP contribution in [-0.2, 0) is 20.8 Å². The van der Waals surface area contributed by atoms with Crippen LogP contribution in [0, 0.1) is 5.82 Å². The van der Waals surface area contributed by atoms with E-state index in [0.717, 1.165) is 18.4 Å². The number of aliphatic hydroxyl groups is 1. The first-order chi connectivity index (χ1) is 19.8. The maximum Gasteiger partial charge on any atom is 0.257 e. The summed E-state index contributed by atoms with van der Waals surface area (Å²) >= 11 is 13.9. The molecule has 41 heavy (non-hydrogen) atoms. The number of nitrogens with zero attached hydrogens (tertiary/aromatic N) is 3. The van der Waals surface area contributed by atoms with E-state index in [-0.39, 0.29) is 53.0 Å². The van der Waals surface area contributed by atoms with Crippen LogP contribution >= 0.6 is 35.0 Å². The van der Waals surface area contributed by atoms with Crippen LogP contribution in [0.25, 0.3) is 11.3 Å². The van der Waals surface area contributed by atoms with Gasteiger partial charge in [0, 0.05) is 36.4 Å². The molecule has 3 N–H and O–H groups in total. The highest BCUT2D eigenvalue weighted by Crippen LogP contribution is 2.59. The van der Waals surface area contributed by atoms with Crippen LogP contribution in [0.5, 0.6) is 0 Å². The van der Waals surface area contributed by atoms with Crippen LogP contribution in [-0.4, -0.2) is 69.6 Å². The number of benzene rings is 2. The molecule has 6 rings (SSSR count). The predicted molar refractivity (Wildman–Crippen MR) is 154 cm³/mol. The standard InChI is InChI=1S/C28H26Cl2FN5O4S/c29-17-3-1-2-16(10-17)28(14-37)26(41-28)34-21(38)13-36-12-15-4-5-19(23(31)22(15)25(36)39)24-20(30)11-32-27(35-24)33-18-6-8-40-9-7-18/h1-5,10-11,18,26,37H,6-9,12-14H2,(H,34,38)(H,32,33,35)/t26?,28-/m1/s1. The maximum atomic E-state index is 15.8. The zero-order valence-corrected chi connectivity index (χ0v) is 24.0. The Morgan fingerprint density at radius 1 is 1.24 bits per heavy atom. The van der Waals surface area contributed by atoms with Crippen molar-refractivity contribution in [3.63, 3.8) is 0 Å². The quantitative estimate of drug-likeness (QED) is 0.322. The molecular weight excluding hydrogens is 592 g/mol. The van der Waals surface area contributed by atoms with Crippen LogP contribution in [0.15, 0.2) is 42.6 Å². The van der Waals surface area contributed by atoms with Gasteiger partial charge in [0.05, 0.1) is 39.2 Å². The first-order valence-electron chi connectivity index (χ1n) is 13.1. The van der Waals surface area contributed by atoms with E-state index >= 15 is 4.39 Å². The van der Waals surface area contributed by atoms with Gasteiger partial charge in [-0.25, -0.2) is 14.4 Å². The van der Waals surface area contributed by atoms with E-state index in [2.05, 4.69) is 20.6 Å². The lowest BCUT2D eigenvalue weighted by atomic mass is 10.00. The Kier molecular flexibility index (Phi) is 7.82. The van der Waals surface area contributed by atoms with E-state index in [1.807, 2.05) is 6.07 Å². The number of nitrogens with one attached hydrogen (secondary N) is 2. The number of fused-ring (bicyclic) bond motifs is 1. The Bertz CT molecular complexity index is 1520. The zero-order chi connectivity index (χ0) is 28.7. The highest BCUT2D eigenvalue weighted by Gasteiger charge is 2.57. The van der Waals surface area contributed by atoms with Gasteiger partial charge in [-0.15, -0.1) is 11.8 Å². The fourth-order valence-electron chi connectivity index (χ4n) is 5.25. The lowest BCUT2D eigenvalue weighted by molar-refractivity contribution is -0.122. The molecule has 214 valence electrons.